The molecule has 0 bridgehead atoms. The summed E-state index contributed by atoms with van der Waals surface area (Å²) in [6.45, 7) is 10.4. The summed E-state index contributed by atoms with van der Waals surface area (Å²) in [5.74, 6) is -0.192. The predicted molar refractivity (Wildman–Crippen MR) is 180 cm³/mol. The van der Waals surface area contributed by atoms with E-state index in [-0.39, 0.29) is 29.5 Å². The molecule has 2 amide bonds. The second-order valence-corrected chi connectivity index (χ2v) is 13.6. The lowest BCUT2D eigenvalue weighted by atomic mass is 9.90. The Morgan fingerprint density at radius 1 is 0.978 bits per heavy atom. The van der Waals surface area contributed by atoms with E-state index in [0.717, 1.165) is 85.6 Å². The molecule has 5 rings (SSSR count). The van der Waals surface area contributed by atoms with Gasteiger partial charge in [-0.25, -0.2) is 4.79 Å². The number of benzene rings is 2. The van der Waals surface area contributed by atoms with Crippen molar-refractivity contribution in [1.29, 1.82) is 0 Å². The smallest absolute Gasteiger partial charge is 0.410 e. The number of methoxy groups -OCH3 is 1. The second-order valence-electron chi connectivity index (χ2n) is 13.6. The average Bonchev–Trinajstić information content (AvgIpc) is 3.43. The van der Waals surface area contributed by atoms with Crippen molar-refractivity contribution in [2.75, 3.05) is 50.6 Å². The Morgan fingerprint density at radius 2 is 1.67 bits per heavy atom. The average molecular weight is 616 g/mol. The molecule has 0 spiro atoms. The number of amides is 2. The SMILES string of the molecule is COC(=O)N(Cc1cccc(-c2ccc(N3CCN(C)CC3)c(NC(=O)c3cc(C(C)(C)C)nn3C)c2)c1)C1CCC(N)CC1. The number of hydrogen-bond donors (Lipinski definition) is 2. The summed E-state index contributed by atoms with van der Waals surface area (Å²) in [5.41, 5.74) is 12.1. The molecule has 0 radical (unpaired) electrons. The summed E-state index contributed by atoms with van der Waals surface area (Å²) in [7, 11) is 5.39. The van der Waals surface area contributed by atoms with Crippen LogP contribution in [0, 0.1) is 0 Å². The van der Waals surface area contributed by atoms with Gasteiger partial charge in [-0.1, -0.05) is 45.0 Å². The van der Waals surface area contributed by atoms with Gasteiger partial charge in [-0.3, -0.25) is 9.48 Å². The van der Waals surface area contributed by atoms with Gasteiger partial charge in [0.15, 0.2) is 0 Å². The zero-order chi connectivity index (χ0) is 32.3. The fraction of sp³-hybridized carbons (Fsp3) is 0.514. The number of ether oxygens (including phenoxy) is 1. The molecule has 10 nitrogen and oxygen atoms in total. The van der Waals surface area contributed by atoms with Crippen molar-refractivity contribution >= 4 is 23.4 Å². The van der Waals surface area contributed by atoms with E-state index in [9.17, 15) is 9.59 Å². The second kappa shape index (κ2) is 13.6. The molecule has 0 unspecified atom stereocenters. The zero-order valence-corrected chi connectivity index (χ0v) is 27.7. The maximum absolute atomic E-state index is 13.7. The van der Waals surface area contributed by atoms with Crippen molar-refractivity contribution in [1.82, 2.24) is 19.6 Å². The molecular formula is C35H49N7O3. The van der Waals surface area contributed by atoms with Gasteiger partial charge in [0.2, 0.25) is 0 Å². The highest BCUT2D eigenvalue weighted by Gasteiger charge is 2.29. The van der Waals surface area contributed by atoms with Crippen molar-refractivity contribution in [3.8, 4) is 11.1 Å². The van der Waals surface area contributed by atoms with E-state index in [1.807, 2.05) is 30.1 Å². The van der Waals surface area contributed by atoms with Crippen LogP contribution in [0.5, 0.6) is 0 Å². The van der Waals surface area contributed by atoms with Crippen LogP contribution in [0.25, 0.3) is 11.1 Å². The molecule has 2 heterocycles. The van der Waals surface area contributed by atoms with Gasteiger partial charge in [-0.05, 0) is 73.7 Å². The Labute approximate surface area is 267 Å². The van der Waals surface area contributed by atoms with E-state index < -0.39 is 0 Å². The number of carbonyl (C=O) groups is 2. The Morgan fingerprint density at radius 3 is 2.31 bits per heavy atom. The van der Waals surface area contributed by atoms with Crippen LogP contribution in [0.2, 0.25) is 0 Å². The first-order valence-corrected chi connectivity index (χ1v) is 16.1. The minimum absolute atomic E-state index is 0.108. The number of nitrogens with two attached hydrogens (primary N) is 1. The van der Waals surface area contributed by atoms with E-state index in [4.69, 9.17) is 10.5 Å². The van der Waals surface area contributed by atoms with E-state index in [0.29, 0.717) is 12.2 Å². The standard InChI is InChI=1S/C35H49N7O3/c1-35(2,3)32-22-31(40(5)38-32)33(43)37-29-21-26(10-15-30(29)41-18-16-39(4)17-19-41)25-9-7-8-24(20-25)23-42(34(44)45-6)28-13-11-27(36)12-14-28/h7-10,15,20-22,27-28H,11-14,16-19,23,36H2,1-6H3,(H,37,43). The maximum atomic E-state index is 13.7. The number of aryl methyl sites for hydroxylation is 1. The lowest BCUT2D eigenvalue weighted by molar-refractivity contribution is 0.0879. The van der Waals surface area contributed by atoms with Crippen molar-refractivity contribution in [2.45, 2.75) is 70.5 Å². The molecule has 242 valence electrons. The molecule has 0 atom stereocenters. The molecule has 3 aromatic rings. The topological polar surface area (TPSA) is 109 Å². The van der Waals surface area contributed by atoms with Crippen molar-refractivity contribution in [3.63, 3.8) is 0 Å². The first-order chi connectivity index (χ1) is 21.4. The molecule has 2 fully saturated rings. The fourth-order valence-corrected chi connectivity index (χ4v) is 6.29. The molecule has 3 N–H and O–H groups in total. The summed E-state index contributed by atoms with van der Waals surface area (Å²) in [5, 5.41) is 7.85. The van der Waals surface area contributed by atoms with Gasteiger partial charge >= 0.3 is 6.09 Å². The number of carbonyl (C=O) groups excluding carboxylic acids is 2. The number of aromatic nitrogens is 2. The third-order valence-electron chi connectivity index (χ3n) is 9.17. The lowest BCUT2D eigenvalue weighted by Gasteiger charge is -2.35. The van der Waals surface area contributed by atoms with Gasteiger partial charge in [0.1, 0.15) is 5.69 Å². The van der Waals surface area contributed by atoms with E-state index in [2.05, 4.69) is 78.4 Å². The number of piperazine rings is 1. The first kappa shape index (κ1) is 32.5. The number of likely N-dealkylation sites (N-methyl/N-ethyl adjacent to an activating group) is 1. The third kappa shape index (κ3) is 7.68. The third-order valence-corrected chi connectivity index (χ3v) is 9.17. The van der Waals surface area contributed by atoms with Gasteiger partial charge in [0.25, 0.3) is 5.91 Å². The Balaban J connectivity index is 1.44. The highest BCUT2D eigenvalue weighted by Crippen LogP contribution is 2.34. The zero-order valence-electron chi connectivity index (χ0n) is 27.7. The molecule has 10 heteroatoms. The highest BCUT2D eigenvalue weighted by molar-refractivity contribution is 6.05. The summed E-state index contributed by atoms with van der Waals surface area (Å²) in [4.78, 5) is 33.0. The van der Waals surface area contributed by atoms with Crippen LogP contribution in [0.4, 0.5) is 16.2 Å². The van der Waals surface area contributed by atoms with E-state index >= 15 is 0 Å². The summed E-state index contributed by atoms with van der Waals surface area (Å²) in [6, 6.07) is 16.7. The van der Waals surface area contributed by atoms with E-state index in [1.54, 1.807) is 4.68 Å². The number of hydrogen-bond acceptors (Lipinski definition) is 7. The van der Waals surface area contributed by atoms with Gasteiger partial charge in [-0.15, -0.1) is 0 Å². The Bertz CT molecular complexity index is 1500. The van der Waals surface area contributed by atoms with Gasteiger partial charge in [0, 0.05) is 57.3 Å². The van der Waals surface area contributed by atoms with Crippen LogP contribution in [-0.2, 0) is 23.7 Å². The molecule has 1 aliphatic heterocycles. The van der Waals surface area contributed by atoms with Crippen LogP contribution in [0.15, 0.2) is 48.5 Å². The van der Waals surface area contributed by atoms with Crippen LogP contribution >= 0.6 is 0 Å². The fourth-order valence-electron chi connectivity index (χ4n) is 6.29. The molecule has 45 heavy (non-hydrogen) atoms. The molecule has 2 aromatic carbocycles. The van der Waals surface area contributed by atoms with Gasteiger partial charge in [-0.2, -0.15) is 5.10 Å². The monoisotopic (exact) mass is 615 g/mol. The lowest BCUT2D eigenvalue weighted by Crippen LogP contribution is -2.44. The van der Waals surface area contributed by atoms with Crippen LogP contribution in [0.1, 0.15) is 68.2 Å². The number of anilines is 2. The minimum atomic E-state index is -0.313. The Hall–Kier alpha value is -3.89. The van der Waals surface area contributed by atoms with Gasteiger partial charge < -0.3 is 30.5 Å². The van der Waals surface area contributed by atoms with E-state index in [1.165, 1.54) is 7.11 Å². The van der Waals surface area contributed by atoms with Crippen molar-refractivity contribution in [2.24, 2.45) is 12.8 Å². The molecule has 1 saturated heterocycles. The number of nitrogens with one attached hydrogen (secondary N) is 1. The van der Waals surface area contributed by atoms with Crippen molar-refractivity contribution < 1.29 is 14.3 Å². The minimum Gasteiger partial charge on any atom is -0.453 e. The van der Waals surface area contributed by atoms with Crippen LogP contribution in [-0.4, -0.2) is 84.0 Å². The number of nitrogens with zero attached hydrogens (tertiary/aromatic N) is 5. The molecule has 2 aliphatic rings. The molecular weight excluding hydrogens is 566 g/mol. The predicted octanol–water partition coefficient (Wildman–Crippen LogP) is 5.23. The number of rotatable bonds is 7. The quantitative estimate of drug-likeness (QED) is 0.375. The normalized spacial score (nSPS) is 19.3. The van der Waals surface area contributed by atoms with Crippen molar-refractivity contribution in [3.05, 3.63) is 65.5 Å². The summed E-state index contributed by atoms with van der Waals surface area (Å²) < 4.78 is 6.83. The highest BCUT2D eigenvalue weighted by atomic mass is 16.5. The molecule has 1 aromatic heterocycles. The summed E-state index contributed by atoms with van der Waals surface area (Å²) >= 11 is 0. The Kier molecular flexibility index (Phi) is 9.84. The molecule has 1 saturated carbocycles. The van der Waals surface area contributed by atoms with Crippen LogP contribution < -0.4 is 16.0 Å². The largest absolute Gasteiger partial charge is 0.453 e. The maximum Gasteiger partial charge on any atom is 0.410 e. The van der Waals surface area contributed by atoms with Gasteiger partial charge in [0.05, 0.1) is 24.2 Å². The van der Waals surface area contributed by atoms with Crippen LogP contribution in [0.3, 0.4) is 0 Å². The summed E-state index contributed by atoms with van der Waals surface area (Å²) in [6.07, 6.45) is 3.25. The molecule has 1 aliphatic carbocycles. The first-order valence-electron chi connectivity index (χ1n) is 16.1.